The highest BCUT2D eigenvalue weighted by Crippen LogP contribution is 2.68. The van der Waals surface area contributed by atoms with Crippen LogP contribution in [0.25, 0.3) is 0 Å². The maximum absolute atomic E-state index is 11.8. The Morgan fingerprint density at radius 2 is 1.47 bits per heavy atom. The van der Waals surface area contributed by atoms with Gasteiger partial charge in [0.15, 0.2) is 0 Å². The maximum Gasteiger partial charge on any atom is 0.397 e. The number of aliphatic hydroxyl groups excluding tert-OH is 1. The van der Waals surface area contributed by atoms with Crippen LogP contribution in [-0.4, -0.2) is 75.6 Å². The highest BCUT2D eigenvalue weighted by molar-refractivity contribution is 7.80. The van der Waals surface area contributed by atoms with Crippen LogP contribution in [0.3, 0.4) is 0 Å². The lowest BCUT2D eigenvalue weighted by molar-refractivity contribution is -0.167. The molecule has 0 aromatic rings. The first kappa shape index (κ1) is 39.5. The van der Waals surface area contributed by atoms with Gasteiger partial charge < -0.3 is 26.8 Å². The average Bonchev–Trinajstić information content (AvgIpc) is 3.36. The zero-order valence-corrected chi connectivity index (χ0v) is 31.3. The van der Waals surface area contributed by atoms with E-state index in [2.05, 4.69) is 36.7 Å². The largest absolute Gasteiger partial charge is 0.397 e. The molecule has 2 unspecified atom stereocenters. The molecule has 4 aliphatic rings. The van der Waals surface area contributed by atoms with Crippen molar-refractivity contribution < 1.29 is 22.3 Å². The molecule has 0 amide bonds. The van der Waals surface area contributed by atoms with E-state index in [-0.39, 0.29) is 17.4 Å². The predicted octanol–water partition coefficient (Wildman–Crippen LogP) is 5.53. The second-order valence-electron chi connectivity index (χ2n) is 17.0. The summed E-state index contributed by atoms with van der Waals surface area (Å²) >= 11 is 0. The van der Waals surface area contributed by atoms with E-state index in [1.165, 1.54) is 57.8 Å². The molecular weight excluding hydrogens is 612 g/mol. The van der Waals surface area contributed by atoms with Crippen LogP contribution in [0.4, 0.5) is 0 Å². The van der Waals surface area contributed by atoms with Gasteiger partial charge in [-0.15, -0.1) is 0 Å². The van der Waals surface area contributed by atoms with Gasteiger partial charge >= 0.3 is 10.4 Å². The van der Waals surface area contributed by atoms with Crippen molar-refractivity contribution in [1.29, 1.82) is 0 Å². The van der Waals surface area contributed by atoms with Gasteiger partial charge in [-0.3, -0.25) is 4.55 Å². The summed E-state index contributed by atoms with van der Waals surface area (Å²) in [5.41, 5.74) is 6.08. The normalized spacial score (nSPS) is 36.9. The molecule has 9 nitrogen and oxygen atoms in total. The van der Waals surface area contributed by atoms with Crippen LogP contribution >= 0.6 is 0 Å². The monoisotopic (exact) mass is 685 g/mol. The number of hydrogen-bond acceptors (Lipinski definition) is 8. The van der Waals surface area contributed by atoms with E-state index in [9.17, 15) is 18.1 Å². The molecule has 0 bridgehead atoms. The Bertz CT molecular complexity index is 1050. The van der Waals surface area contributed by atoms with Crippen molar-refractivity contribution in [2.45, 2.75) is 143 Å². The van der Waals surface area contributed by atoms with Crippen molar-refractivity contribution in [2.24, 2.45) is 58.0 Å². The Labute approximate surface area is 288 Å². The molecule has 10 heteroatoms. The Hall–Kier alpha value is -0.330. The number of nitrogens with one attached hydrogen (secondary N) is 3. The minimum Gasteiger partial charge on any atom is -0.393 e. The molecule has 47 heavy (non-hydrogen) atoms. The molecule has 0 aromatic carbocycles. The van der Waals surface area contributed by atoms with Gasteiger partial charge in [-0.05, 0) is 181 Å². The molecule has 0 aliphatic heterocycles. The predicted molar refractivity (Wildman–Crippen MR) is 191 cm³/mol. The lowest BCUT2D eigenvalue weighted by Gasteiger charge is -2.62. The fourth-order valence-electron chi connectivity index (χ4n) is 11.2. The van der Waals surface area contributed by atoms with E-state index in [4.69, 9.17) is 9.92 Å². The Morgan fingerprint density at radius 3 is 2.13 bits per heavy atom. The van der Waals surface area contributed by atoms with Crippen LogP contribution in [-0.2, 0) is 14.6 Å². The minimum absolute atomic E-state index is 0.0137. The Balaban J connectivity index is 1.23. The number of fused-ring (bicyclic) bond motifs is 5. The van der Waals surface area contributed by atoms with Gasteiger partial charge in [0, 0.05) is 6.04 Å². The van der Waals surface area contributed by atoms with Gasteiger partial charge in [0.2, 0.25) is 0 Å². The van der Waals surface area contributed by atoms with Crippen molar-refractivity contribution >= 4 is 10.4 Å². The van der Waals surface area contributed by atoms with E-state index >= 15 is 0 Å². The van der Waals surface area contributed by atoms with Crippen LogP contribution < -0.4 is 21.7 Å². The zero-order chi connectivity index (χ0) is 34.2. The molecule has 0 saturated heterocycles. The smallest absolute Gasteiger partial charge is 0.393 e. The summed E-state index contributed by atoms with van der Waals surface area (Å²) in [6.45, 7) is 17.4. The summed E-state index contributed by atoms with van der Waals surface area (Å²) < 4.78 is 37.2. The third-order valence-electron chi connectivity index (χ3n) is 13.8. The minimum atomic E-state index is -4.46. The molecule has 0 aromatic heterocycles. The van der Waals surface area contributed by atoms with E-state index in [1.807, 2.05) is 13.8 Å². The first-order valence-electron chi connectivity index (χ1n) is 19.5. The van der Waals surface area contributed by atoms with Crippen molar-refractivity contribution in [3.05, 3.63) is 0 Å². The van der Waals surface area contributed by atoms with E-state index in [1.54, 1.807) is 0 Å². The molecule has 4 rings (SSSR count). The SMILES string of the molecule is CC(C)[C@@H](CC[C@@H](C)[C@H]1CC[C@H]2C3C(O)C[C@H]4C[C@@H](NCCCNCCCCNCCCN)CC[C@]4(C)[C@H]3CC[C@]12C)OS(=O)(=O)O. The molecule has 0 radical (unpaired) electrons. The molecule has 0 heterocycles. The molecule has 0 spiro atoms. The quantitative estimate of drug-likeness (QED) is 0.0720. The topological polar surface area (TPSA) is 146 Å². The third-order valence-corrected chi connectivity index (χ3v) is 14.3. The van der Waals surface area contributed by atoms with Gasteiger partial charge in [-0.2, -0.15) is 8.42 Å². The summed E-state index contributed by atoms with van der Waals surface area (Å²) in [4.78, 5) is 0. The summed E-state index contributed by atoms with van der Waals surface area (Å²) in [6.07, 6.45) is 15.0. The van der Waals surface area contributed by atoms with Crippen molar-refractivity contribution in [3.63, 3.8) is 0 Å². The summed E-state index contributed by atoms with van der Waals surface area (Å²) in [5, 5.41) is 22.8. The third kappa shape index (κ3) is 10.1. The number of unbranched alkanes of at least 4 members (excludes halogenated alkanes) is 1. The lowest BCUT2D eigenvalue weighted by Crippen LogP contribution is -2.59. The number of nitrogens with two attached hydrogens (primary N) is 1. The average molecular weight is 685 g/mol. The van der Waals surface area contributed by atoms with Crippen molar-refractivity contribution in [2.75, 3.05) is 39.3 Å². The highest BCUT2D eigenvalue weighted by Gasteiger charge is 2.62. The fourth-order valence-corrected chi connectivity index (χ4v) is 11.8. The summed E-state index contributed by atoms with van der Waals surface area (Å²) in [6, 6.07) is 0.571. The van der Waals surface area contributed by atoms with E-state index in [0.717, 1.165) is 65.0 Å². The van der Waals surface area contributed by atoms with Crippen LogP contribution in [0.1, 0.15) is 125 Å². The van der Waals surface area contributed by atoms with Crippen LogP contribution in [0.5, 0.6) is 0 Å². The van der Waals surface area contributed by atoms with Crippen LogP contribution in [0.15, 0.2) is 0 Å². The summed E-state index contributed by atoms with van der Waals surface area (Å²) in [7, 11) is -4.46. The first-order valence-corrected chi connectivity index (χ1v) is 20.8. The lowest BCUT2D eigenvalue weighted by atomic mass is 9.43. The zero-order valence-electron chi connectivity index (χ0n) is 30.5. The highest BCUT2D eigenvalue weighted by atomic mass is 32.3. The van der Waals surface area contributed by atoms with E-state index in [0.29, 0.717) is 53.4 Å². The van der Waals surface area contributed by atoms with Gasteiger partial charge in [-0.1, -0.05) is 34.6 Å². The van der Waals surface area contributed by atoms with Crippen LogP contribution in [0.2, 0.25) is 0 Å². The maximum atomic E-state index is 11.8. The Morgan fingerprint density at radius 1 is 0.830 bits per heavy atom. The second kappa shape index (κ2) is 17.7. The molecule has 11 atom stereocenters. The fraction of sp³-hybridized carbons (Fsp3) is 1.00. The Kier molecular flexibility index (Phi) is 14.9. The molecule has 4 saturated carbocycles. The summed E-state index contributed by atoms with van der Waals surface area (Å²) in [5.74, 6) is 3.20. The van der Waals surface area contributed by atoms with Gasteiger partial charge in [0.25, 0.3) is 0 Å². The molecule has 4 fully saturated rings. The van der Waals surface area contributed by atoms with E-state index < -0.39 is 16.5 Å². The molecule has 276 valence electrons. The first-order chi connectivity index (χ1) is 22.3. The van der Waals surface area contributed by atoms with Crippen molar-refractivity contribution in [3.8, 4) is 0 Å². The number of hydrogen-bond donors (Lipinski definition) is 6. The molecule has 4 aliphatic carbocycles. The van der Waals surface area contributed by atoms with Gasteiger partial charge in [-0.25, -0.2) is 4.18 Å². The molecule has 7 N–H and O–H groups in total. The number of aliphatic hydroxyl groups is 1. The van der Waals surface area contributed by atoms with Gasteiger partial charge in [0.1, 0.15) is 0 Å². The van der Waals surface area contributed by atoms with Crippen molar-refractivity contribution in [1.82, 2.24) is 16.0 Å². The van der Waals surface area contributed by atoms with Crippen LogP contribution in [0, 0.1) is 52.3 Å². The second-order valence-corrected chi connectivity index (χ2v) is 18.1. The molecular formula is C37H72N4O5S. The van der Waals surface area contributed by atoms with Gasteiger partial charge in [0.05, 0.1) is 12.2 Å². The standard InChI is InChI=1S/C37H72N4O5S/c1-26(2)34(46-47(43,44)45)13-10-27(3)30-11-12-31-35-32(15-17-37(30,31)5)36(4)16-14-29(24-28(36)25-33(35)42)41-23-9-22-40-20-7-6-19-39-21-8-18-38/h26-35,39-42H,6-25,38H2,1-5H3,(H,43,44,45)/t27-,28-,29+,30-,31+,32+,33?,34-,35?,36+,37-/m1/s1. The number of rotatable bonds is 20.